The average Bonchev–Trinajstić information content (AvgIpc) is 2.66. The summed E-state index contributed by atoms with van der Waals surface area (Å²) in [5.74, 6) is -1.42. The first-order valence-corrected chi connectivity index (χ1v) is 8.98. The van der Waals surface area contributed by atoms with E-state index < -0.39 is 34.2 Å². The maximum absolute atomic E-state index is 12.7. The van der Waals surface area contributed by atoms with Crippen LogP contribution in [0.15, 0.2) is 41.3 Å². The molecule has 0 fully saturated rings. The van der Waals surface area contributed by atoms with E-state index in [9.17, 15) is 32.9 Å². The summed E-state index contributed by atoms with van der Waals surface area (Å²) in [6, 6.07) is 6.67. The largest absolute Gasteiger partial charge is 0.465 e. The number of nitro groups is 1. The van der Waals surface area contributed by atoms with Crippen LogP contribution in [0, 0.1) is 17.0 Å². The lowest BCUT2D eigenvalue weighted by Crippen LogP contribution is -2.15. The van der Waals surface area contributed by atoms with E-state index in [1.165, 1.54) is 19.2 Å². The van der Waals surface area contributed by atoms with Crippen molar-refractivity contribution in [3.8, 4) is 0 Å². The number of esters is 1. The van der Waals surface area contributed by atoms with E-state index in [2.05, 4.69) is 10.1 Å². The fourth-order valence-corrected chi connectivity index (χ4v) is 3.09. The van der Waals surface area contributed by atoms with Gasteiger partial charge in [-0.1, -0.05) is 6.07 Å². The summed E-state index contributed by atoms with van der Waals surface area (Å²) in [5.41, 5.74) is -0.647. The summed E-state index contributed by atoms with van der Waals surface area (Å²) in [4.78, 5) is 33.9. The molecule has 2 aromatic rings. The number of methoxy groups -OCH3 is 1. The van der Waals surface area contributed by atoms with Crippen molar-refractivity contribution in [1.29, 1.82) is 0 Å². The van der Waals surface area contributed by atoms with E-state index in [-0.39, 0.29) is 16.2 Å². The molecule has 0 aliphatic carbocycles. The second-order valence-electron chi connectivity index (χ2n) is 5.80. The summed E-state index contributed by atoms with van der Waals surface area (Å²) < 4.78 is 42.8. The number of benzene rings is 2. The summed E-state index contributed by atoms with van der Waals surface area (Å²) in [5, 5.41) is 13.7. The second-order valence-corrected chi connectivity index (χ2v) is 6.81. The molecular formula is C18H15F3N2O5S. The van der Waals surface area contributed by atoms with Crippen LogP contribution in [-0.4, -0.2) is 29.7 Å². The van der Waals surface area contributed by atoms with Gasteiger partial charge in [-0.2, -0.15) is 13.2 Å². The number of halogens is 3. The number of ether oxygens (including phenoxy) is 1. The van der Waals surface area contributed by atoms with E-state index in [1.807, 2.05) is 0 Å². The minimum atomic E-state index is -4.71. The lowest BCUT2D eigenvalue weighted by Gasteiger charge is -2.11. The number of aryl methyl sites for hydroxylation is 1. The van der Waals surface area contributed by atoms with E-state index >= 15 is 0 Å². The third kappa shape index (κ3) is 5.70. The quantitative estimate of drug-likeness (QED) is 0.316. The standard InChI is InChI=1S/C18H15F3N2O5S/c1-10-3-4-11(17(25)28-2)7-13(10)22-16(24)9-29-15-6-5-12(18(19,20)21)8-14(15)23(26)27/h3-8H,9H2,1-2H3,(H,22,24). The van der Waals surface area contributed by atoms with Crippen molar-refractivity contribution in [2.24, 2.45) is 0 Å². The van der Waals surface area contributed by atoms with Gasteiger partial charge in [-0.05, 0) is 36.8 Å². The average molecular weight is 428 g/mol. The molecule has 7 nitrogen and oxygen atoms in total. The van der Waals surface area contributed by atoms with Crippen LogP contribution in [0.1, 0.15) is 21.5 Å². The molecule has 0 radical (unpaired) electrons. The van der Waals surface area contributed by atoms with Crippen LogP contribution >= 0.6 is 11.8 Å². The summed E-state index contributed by atoms with van der Waals surface area (Å²) in [7, 11) is 1.22. The maximum atomic E-state index is 12.7. The van der Waals surface area contributed by atoms with Crippen molar-refractivity contribution < 1.29 is 32.4 Å². The Labute approximate surface area is 167 Å². The number of rotatable bonds is 6. The molecule has 29 heavy (non-hydrogen) atoms. The molecule has 0 aliphatic rings. The van der Waals surface area contributed by atoms with Gasteiger partial charge in [0.2, 0.25) is 5.91 Å². The van der Waals surface area contributed by atoms with Crippen LogP contribution in [-0.2, 0) is 15.7 Å². The number of carbonyl (C=O) groups is 2. The molecule has 0 saturated carbocycles. The molecule has 2 aromatic carbocycles. The summed E-state index contributed by atoms with van der Waals surface area (Å²) in [6.45, 7) is 1.70. The number of hydrogen-bond donors (Lipinski definition) is 1. The zero-order chi connectivity index (χ0) is 21.8. The SMILES string of the molecule is COC(=O)c1ccc(C)c(NC(=O)CSc2ccc(C(F)(F)F)cc2[N+](=O)[O-])c1. The van der Waals surface area contributed by atoms with E-state index in [0.717, 1.165) is 23.9 Å². The lowest BCUT2D eigenvalue weighted by molar-refractivity contribution is -0.388. The first kappa shape index (κ1) is 22.2. The highest BCUT2D eigenvalue weighted by Gasteiger charge is 2.33. The van der Waals surface area contributed by atoms with Gasteiger partial charge >= 0.3 is 12.1 Å². The number of nitro benzene ring substituents is 1. The van der Waals surface area contributed by atoms with Crippen molar-refractivity contribution in [2.75, 3.05) is 18.2 Å². The molecule has 154 valence electrons. The number of nitrogens with one attached hydrogen (secondary N) is 1. The Morgan fingerprint density at radius 1 is 1.21 bits per heavy atom. The third-order valence-corrected chi connectivity index (χ3v) is 4.84. The van der Waals surface area contributed by atoms with Gasteiger partial charge in [-0.25, -0.2) is 4.79 Å². The molecule has 0 unspecified atom stereocenters. The van der Waals surface area contributed by atoms with Crippen molar-refractivity contribution >= 4 is 35.0 Å². The smallest absolute Gasteiger partial charge is 0.416 e. The number of anilines is 1. The van der Waals surface area contributed by atoms with Crippen molar-refractivity contribution in [1.82, 2.24) is 0 Å². The van der Waals surface area contributed by atoms with Gasteiger partial charge < -0.3 is 10.1 Å². The molecule has 0 heterocycles. The van der Waals surface area contributed by atoms with Crippen molar-refractivity contribution in [2.45, 2.75) is 18.0 Å². The molecule has 0 atom stereocenters. The van der Waals surface area contributed by atoms with Crippen molar-refractivity contribution in [3.63, 3.8) is 0 Å². The minimum Gasteiger partial charge on any atom is -0.465 e. The number of alkyl halides is 3. The predicted molar refractivity (Wildman–Crippen MR) is 100.0 cm³/mol. The molecule has 1 amide bonds. The van der Waals surface area contributed by atoms with Gasteiger partial charge in [-0.15, -0.1) is 11.8 Å². The van der Waals surface area contributed by atoms with Gasteiger partial charge in [0.25, 0.3) is 5.69 Å². The van der Waals surface area contributed by atoms with Gasteiger partial charge in [-0.3, -0.25) is 14.9 Å². The highest BCUT2D eigenvalue weighted by molar-refractivity contribution is 8.00. The van der Waals surface area contributed by atoms with Gasteiger partial charge in [0.1, 0.15) is 0 Å². The summed E-state index contributed by atoms with van der Waals surface area (Å²) in [6.07, 6.45) is -4.71. The highest BCUT2D eigenvalue weighted by atomic mass is 32.2. The molecule has 0 aliphatic heterocycles. The van der Waals surface area contributed by atoms with E-state index in [1.54, 1.807) is 13.0 Å². The number of amides is 1. The maximum Gasteiger partial charge on any atom is 0.416 e. The Bertz CT molecular complexity index is 963. The summed E-state index contributed by atoms with van der Waals surface area (Å²) >= 11 is 0.730. The first-order valence-electron chi connectivity index (χ1n) is 8.00. The van der Waals surface area contributed by atoms with Crippen LogP contribution in [0.25, 0.3) is 0 Å². The number of hydrogen-bond acceptors (Lipinski definition) is 6. The predicted octanol–water partition coefficient (Wildman–Crippen LogP) is 4.44. The fourth-order valence-electron chi connectivity index (χ4n) is 2.29. The minimum absolute atomic E-state index is 0.0711. The Morgan fingerprint density at radius 3 is 2.48 bits per heavy atom. The molecule has 0 saturated heterocycles. The van der Waals surface area contributed by atoms with Crippen LogP contribution in [0.3, 0.4) is 0 Å². The van der Waals surface area contributed by atoms with Crippen LogP contribution < -0.4 is 5.32 Å². The fraction of sp³-hybridized carbons (Fsp3) is 0.222. The zero-order valence-corrected chi connectivity index (χ0v) is 16.0. The number of carbonyl (C=O) groups excluding carboxylic acids is 2. The monoisotopic (exact) mass is 428 g/mol. The Kier molecular flexibility index (Phi) is 6.85. The van der Waals surface area contributed by atoms with Crippen LogP contribution in [0.4, 0.5) is 24.5 Å². The Morgan fingerprint density at radius 2 is 1.90 bits per heavy atom. The van der Waals surface area contributed by atoms with Crippen LogP contribution in [0.5, 0.6) is 0 Å². The molecule has 11 heteroatoms. The Hall–Kier alpha value is -3.08. The first-order chi connectivity index (χ1) is 13.5. The third-order valence-electron chi connectivity index (χ3n) is 3.77. The van der Waals surface area contributed by atoms with Crippen LogP contribution in [0.2, 0.25) is 0 Å². The number of nitrogens with zero attached hydrogens (tertiary/aromatic N) is 1. The van der Waals surface area contributed by atoms with E-state index in [0.29, 0.717) is 17.3 Å². The van der Waals surface area contributed by atoms with Crippen molar-refractivity contribution in [3.05, 3.63) is 63.2 Å². The second kappa shape index (κ2) is 8.95. The lowest BCUT2D eigenvalue weighted by atomic mass is 10.1. The normalized spacial score (nSPS) is 11.1. The number of thioether (sulfide) groups is 1. The molecule has 1 N–H and O–H groups in total. The van der Waals surface area contributed by atoms with E-state index in [4.69, 9.17) is 0 Å². The van der Waals surface area contributed by atoms with Gasteiger partial charge in [0.05, 0.1) is 33.8 Å². The van der Waals surface area contributed by atoms with Gasteiger partial charge in [0, 0.05) is 11.8 Å². The molecule has 2 rings (SSSR count). The molecule has 0 bridgehead atoms. The Balaban J connectivity index is 2.14. The van der Waals surface area contributed by atoms with Gasteiger partial charge in [0.15, 0.2) is 0 Å². The molecule has 0 aromatic heterocycles. The molecular weight excluding hydrogens is 413 g/mol. The topological polar surface area (TPSA) is 98.5 Å². The zero-order valence-electron chi connectivity index (χ0n) is 15.2. The molecule has 0 spiro atoms. The highest BCUT2D eigenvalue weighted by Crippen LogP contribution is 2.36.